The van der Waals surface area contributed by atoms with Crippen molar-refractivity contribution in [1.82, 2.24) is 0 Å². The Morgan fingerprint density at radius 3 is 1.23 bits per heavy atom. The lowest BCUT2D eigenvalue weighted by molar-refractivity contribution is -0.114. The van der Waals surface area contributed by atoms with Crippen molar-refractivity contribution in [2.75, 3.05) is 0 Å². The summed E-state index contributed by atoms with van der Waals surface area (Å²) < 4.78 is -0.937. The van der Waals surface area contributed by atoms with E-state index in [2.05, 4.69) is 121 Å². The third-order valence-electron chi connectivity index (χ3n) is 7.32. The van der Waals surface area contributed by atoms with E-state index in [1.807, 2.05) is 23.5 Å². The van der Waals surface area contributed by atoms with Crippen molar-refractivity contribution >= 4 is 29.3 Å². The molecule has 1 saturated heterocycles. The van der Waals surface area contributed by atoms with Gasteiger partial charge in [0, 0.05) is 11.1 Å². The number of rotatable bonds is 0. The van der Waals surface area contributed by atoms with Crippen LogP contribution in [0.5, 0.6) is 0 Å². The highest BCUT2D eigenvalue weighted by atomic mass is 32.2. The van der Waals surface area contributed by atoms with E-state index in [4.69, 9.17) is 0 Å². The molecule has 1 heterocycles. The van der Waals surface area contributed by atoms with E-state index < -0.39 is 15.6 Å². The molecule has 0 aromatic rings. The minimum atomic E-state index is -0.602. The molecule has 0 aromatic heterocycles. The van der Waals surface area contributed by atoms with E-state index in [1.54, 1.807) is 0 Å². The van der Waals surface area contributed by atoms with Crippen molar-refractivity contribution < 1.29 is 9.90 Å². The van der Waals surface area contributed by atoms with Gasteiger partial charge in [0.1, 0.15) is 0 Å². The molecule has 1 aliphatic heterocycles. The molecular formula is C31H48O2S2. The lowest BCUT2D eigenvalue weighted by Crippen LogP contribution is -2.49. The van der Waals surface area contributed by atoms with E-state index in [1.165, 1.54) is 0 Å². The lowest BCUT2D eigenvalue weighted by Gasteiger charge is -2.48. The maximum atomic E-state index is 13.9. The second-order valence-electron chi connectivity index (χ2n) is 15.2. The number of carbonyl (C=O) groups excluding carboxylic acids is 1. The Hall–Kier alpha value is -0.710. The SMILES string of the molecule is CC1(C)SC2(C=C(C(C)(C)C)C(=O)C(C(C)(C)C)=C2)C2(C=C(C(C)(C)C)C(O)C(C(C)(C)C)=C2)S1. The first-order chi connectivity index (χ1) is 15.4. The molecule has 35 heavy (non-hydrogen) atoms. The number of hydrogen-bond donors (Lipinski definition) is 1. The molecule has 0 aromatic carbocycles. The summed E-state index contributed by atoms with van der Waals surface area (Å²) in [5, 5.41) is 11.6. The Bertz CT molecular complexity index is 972. The van der Waals surface area contributed by atoms with Crippen LogP contribution >= 0.6 is 23.5 Å². The van der Waals surface area contributed by atoms with Crippen LogP contribution in [0, 0.1) is 21.7 Å². The first kappa shape index (κ1) is 28.9. The number of aliphatic hydroxyl groups is 1. The Kier molecular flexibility index (Phi) is 6.71. The number of fused-ring (bicyclic) bond motifs is 1. The van der Waals surface area contributed by atoms with E-state index in [0.29, 0.717) is 0 Å². The maximum absolute atomic E-state index is 13.9. The van der Waals surface area contributed by atoms with E-state index in [-0.39, 0.29) is 31.5 Å². The zero-order valence-electron chi connectivity index (χ0n) is 24.6. The molecule has 2 nitrogen and oxygen atoms in total. The van der Waals surface area contributed by atoms with Gasteiger partial charge in [-0.3, -0.25) is 4.79 Å². The number of hydrogen-bond acceptors (Lipinski definition) is 4. The van der Waals surface area contributed by atoms with E-state index >= 15 is 0 Å². The summed E-state index contributed by atoms with van der Waals surface area (Å²) in [6, 6.07) is 0. The molecule has 4 heteroatoms. The second-order valence-corrected chi connectivity index (χ2v) is 19.3. The maximum Gasteiger partial charge on any atom is 0.185 e. The fourth-order valence-corrected chi connectivity index (χ4v) is 9.66. The average Bonchev–Trinajstić information content (AvgIpc) is 2.80. The molecule has 3 aliphatic rings. The zero-order valence-corrected chi connectivity index (χ0v) is 26.2. The van der Waals surface area contributed by atoms with Crippen LogP contribution in [0.1, 0.15) is 96.9 Å². The molecular weight excluding hydrogens is 468 g/mol. The van der Waals surface area contributed by atoms with Gasteiger partial charge in [0.15, 0.2) is 5.78 Å². The summed E-state index contributed by atoms with van der Waals surface area (Å²) in [4.78, 5) is 13.9. The van der Waals surface area contributed by atoms with Gasteiger partial charge in [-0.25, -0.2) is 0 Å². The topological polar surface area (TPSA) is 37.3 Å². The Morgan fingerprint density at radius 2 is 0.943 bits per heavy atom. The number of allylic oxidation sites excluding steroid dienone is 2. The quantitative estimate of drug-likeness (QED) is 0.327. The van der Waals surface area contributed by atoms with Crippen LogP contribution < -0.4 is 0 Å². The monoisotopic (exact) mass is 516 g/mol. The van der Waals surface area contributed by atoms with Gasteiger partial charge in [-0.1, -0.05) is 107 Å². The van der Waals surface area contributed by atoms with Crippen molar-refractivity contribution in [2.24, 2.45) is 21.7 Å². The fraction of sp³-hybridized carbons (Fsp3) is 0.710. The highest BCUT2D eigenvalue weighted by Gasteiger charge is 2.62. The van der Waals surface area contributed by atoms with Crippen LogP contribution in [-0.4, -0.2) is 30.6 Å². The first-order valence-electron chi connectivity index (χ1n) is 12.9. The van der Waals surface area contributed by atoms with E-state index in [0.717, 1.165) is 22.3 Å². The Balaban J connectivity index is 2.50. The fourth-order valence-electron chi connectivity index (χ4n) is 5.51. The smallest absolute Gasteiger partial charge is 0.185 e. The highest BCUT2D eigenvalue weighted by molar-refractivity contribution is 8.23. The molecule has 2 spiro atoms. The molecule has 0 amide bonds. The predicted octanol–water partition coefficient (Wildman–Crippen LogP) is 8.53. The van der Waals surface area contributed by atoms with Crippen molar-refractivity contribution in [3.63, 3.8) is 0 Å². The molecule has 0 saturated carbocycles. The molecule has 0 unspecified atom stereocenters. The Morgan fingerprint density at radius 1 is 0.629 bits per heavy atom. The summed E-state index contributed by atoms with van der Waals surface area (Å²) in [6.07, 6.45) is 8.71. The number of thioether (sulfide) groups is 2. The van der Waals surface area contributed by atoms with Gasteiger partial charge in [-0.2, -0.15) is 0 Å². The van der Waals surface area contributed by atoms with Crippen LogP contribution in [-0.2, 0) is 4.79 Å². The van der Waals surface area contributed by atoms with Gasteiger partial charge in [0.05, 0.1) is 19.7 Å². The van der Waals surface area contributed by atoms with Gasteiger partial charge in [-0.05, 0) is 46.7 Å². The standard InChI is InChI=1S/C31H48O2S2/c1-25(2,3)19-15-30(16-20(23(19)32)26(4,5)6)31(35-29(13,14)34-30)17-21(27(7,8)9)24(33)22(18-31)28(10,11)12/h15-18,23,32H,1-14H3. The van der Waals surface area contributed by atoms with Crippen molar-refractivity contribution in [2.45, 2.75) is 117 Å². The first-order valence-corrected chi connectivity index (χ1v) is 14.5. The van der Waals surface area contributed by atoms with Gasteiger partial charge in [-0.15, -0.1) is 23.5 Å². The molecule has 0 bridgehead atoms. The van der Waals surface area contributed by atoms with Gasteiger partial charge >= 0.3 is 0 Å². The zero-order chi connectivity index (χ0) is 27.2. The van der Waals surface area contributed by atoms with Crippen LogP contribution in [0.2, 0.25) is 0 Å². The predicted molar refractivity (Wildman–Crippen MR) is 156 cm³/mol. The Labute approximate surface area is 223 Å². The molecule has 3 rings (SSSR count). The molecule has 2 aliphatic carbocycles. The van der Waals surface area contributed by atoms with Crippen LogP contribution in [0.4, 0.5) is 0 Å². The van der Waals surface area contributed by atoms with Gasteiger partial charge in [0.25, 0.3) is 0 Å². The minimum absolute atomic E-state index is 0.0827. The number of Topliss-reactive ketones (excluding diaryl/α,β-unsaturated/α-hetero) is 1. The average molecular weight is 517 g/mol. The third kappa shape index (κ3) is 5.06. The van der Waals surface area contributed by atoms with Crippen molar-refractivity contribution in [1.29, 1.82) is 0 Å². The highest BCUT2D eigenvalue weighted by Crippen LogP contribution is 2.70. The molecule has 0 atom stereocenters. The second kappa shape index (κ2) is 8.14. The minimum Gasteiger partial charge on any atom is -0.384 e. The van der Waals surface area contributed by atoms with Gasteiger partial charge in [0.2, 0.25) is 0 Å². The van der Waals surface area contributed by atoms with Crippen molar-refractivity contribution in [3.05, 3.63) is 46.6 Å². The van der Waals surface area contributed by atoms with Crippen molar-refractivity contribution in [3.8, 4) is 0 Å². The lowest BCUT2D eigenvalue weighted by atomic mass is 9.64. The van der Waals surface area contributed by atoms with Gasteiger partial charge < -0.3 is 5.11 Å². The summed E-state index contributed by atoms with van der Waals surface area (Å²) in [6.45, 7) is 30.7. The van der Waals surface area contributed by atoms with Crippen LogP contribution in [0.25, 0.3) is 0 Å². The molecule has 1 fully saturated rings. The normalized spacial score (nSPS) is 29.2. The molecule has 0 radical (unpaired) electrons. The number of aliphatic hydroxyl groups excluding tert-OH is 1. The summed E-state index contributed by atoms with van der Waals surface area (Å²) in [7, 11) is 0. The molecule has 196 valence electrons. The number of ketones is 1. The largest absolute Gasteiger partial charge is 0.384 e. The molecule has 1 N–H and O–H groups in total. The van der Waals surface area contributed by atoms with E-state index in [9.17, 15) is 9.90 Å². The summed E-state index contributed by atoms with van der Waals surface area (Å²) in [5.74, 6) is 0.178. The van der Waals surface area contributed by atoms with Crippen LogP contribution in [0.15, 0.2) is 46.6 Å². The third-order valence-corrected chi connectivity index (χ3v) is 10.8. The number of carbonyl (C=O) groups is 1. The summed E-state index contributed by atoms with van der Waals surface area (Å²) >= 11 is 3.92. The van der Waals surface area contributed by atoms with Crippen LogP contribution in [0.3, 0.4) is 0 Å². The summed E-state index contributed by atoms with van der Waals surface area (Å²) in [5.41, 5.74) is 3.04.